The molecule has 0 unspecified atom stereocenters. The van der Waals surface area contributed by atoms with Crippen molar-refractivity contribution in [3.63, 3.8) is 0 Å². The molecule has 0 saturated heterocycles. The molecule has 12 aromatic rings. The highest BCUT2D eigenvalue weighted by Crippen LogP contribution is 2.53. The van der Waals surface area contributed by atoms with Crippen LogP contribution in [0.4, 0.5) is 0 Å². The highest BCUT2D eigenvalue weighted by molar-refractivity contribution is 7.34. The number of thiophene rings is 2. The fourth-order valence-corrected chi connectivity index (χ4v) is 11.3. The second-order valence-electron chi connectivity index (χ2n) is 13.5. The Bertz CT molecular complexity index is 3370. The Kier molecular flexibility index (Phi) is 5.59. The van der Waals surface area contributed by atoms with Gasteiger partial charge < -0.3 is 4.42 Å². The van der Waals surface area contributed by atoms with Crippen molar-refractivity contribution in [2.24, 2.45) is 0 Å². The van der Waals surface area contributed by atoms with Crippen LogP contribution in [0, 0.1) is 0 Å². The SMILES string of the molecule is c1ccc2c(c1)ccc1c3cc(-c4c5ccccc5c(-c5ccc6c(c5)oc5ccccc56)c5ccccc45)c4c5ccccc5sc4c3sc21. The van der Waals surface area contributed by atoms with Crippen molar-refractivity contribution in [1.82, 2.24) is 0 Å². The summed E-state index contributed by atoms with van der Waals surface area (Å²) in [6.45, 7) is 0. The number of hydrogen-bond acceptors (Lipinski definition) is 3. The van der Waals surface area contributed by atoms with Gasteiger partial charge in [0.1, 0.15) is 11.2 Å². The predicted octanol–water partition coefficient (Wildman–Crippen LogP) is 15.1. The second kappa shape index (κ2) is 10.3. The average Bonchev–Trinajstić information content (AvgIpc) is 3.88. The molecule has 3 heteroatoms. The molecular formula is C48H26OS2. The van der Waals surface area contributed by atoms with E-state index in [1.165, 1.54) is 89.4 Å². The molecule has 0 aliphatic carbocycles. The lowest BCUT2D eigenvalue weighted by atomic mass is 9.84. The van der Waals surface area contributed by atoms with Gasteiger partial charge >= 0.3 is 0 Å². The summed E-state index contributed by atoms with van der Waals surface area (Å²) in [5.74, 6) is 0. The molecule has 1 nitrogen and oxygen atoms in total. The lowest BCUT2D eigenvalue weighted by Crippen LogP contribution is -1.91. The molecular weight excluding hydrogens is 657 g/mol. The van der Waals surface area contributed by atoms with Crippen LogP contribution in [0.25, 0.3) is 117 Å². The predicted molar refractivity (Wildman–Crippen MR) is 223 cm³/mol. The molecule has 0 amide bonds. The molecule has 0 saturated carbocycles. The molecule has 0 aliphatic heterocycles. The molecule has 0 N–H and O–H groups in total. The normalized spacial score (nSPS) is 12.3. The van der Waals surface area contributed by atoms with E-state index in [-0.39, 0.29) is 0 Å². The molecule has 9 aromatic carbocycles. The van der Waals surface area contributed by atoms with Gasteiger partial charge in [-0.15, -0.1) is 22.7 Å². The minimum atomic E-state index is 0.916. The van der Waals surface area contributed by atoms with Crippen molar-refractivity contribution < 1.29 is 4.42 Å². The zero-order valence-corrected chi connectivity index (χ0v) is 28.9. The number of hydrogen-bond donors (Lipinski definition) is 0. The number of rotatable bonds is 2. The molecule has 0 spiro atoms. The Hall–Kier alpha value is -6.00. The first-order valence-corrected chi connectivity index (χ1v) is 19.0. The van der Waals surface area contributed by atoms with Crippen LogP contribution in [0.15, 0.2) is 162 Å². The lowest BCUT2D eigenvalue weighted by Gasteiger charge is -2.18. The quantitative estimate of drug-likeness (QED) is 0.165. The standard InChI is InChI=1S/C48H26OS2/c1-2-12-29-27(11-1)21-24-36-38-26-39(45-37-18-8-10-20-42(37)50-48(45)47(38)51-46(29)36)44-34-16-5-3-14-32(34)43(33-15-4-6-17-35(33)44)28-22-23-31-30-13-7-9-19-40(30)49-41(31)25-28/h1-26H. The van der Waals surface area contributed by atoms with Crippen molar-refractivity contribution in [3.8, 4) is 22.3 Å². The topological polar surface area (TPSA) is 13.1 Å². The van der Waals surface area contributed by atoms with E-state index in [9.17, 15) is 0 Å². The van der Waals surface area contributed by atoms with E-state index in [1.54, 1.807) is 0 Å². The van der Waals surface area contributed by atoms with Crippen LogP contribution in [0.3, 0.4) is 0 Å². The van der Waals surface area contributed by atoms with Crippen LogP contribution in [0.2, 0.25) is 0 Å². The lowest BCUT2D eigenvalue weighted by molar-refractivity contribution is 0.669. The molecule has 236 valence electrons. The van der Waals surface area contributed by atoms with E-state index >= 15 is 0 Å². The summed E-state index contributed by atoms with van der Waals surface area (Å²) in [5.41, 5.74) is 6.84. The van der Waals surface area contributed by atoms with Crippen LogP contribution < -0.4 is 0 Å². The maximum atomic E-state index is 6.41. The number of fused-ring (bicyclic) bond motifs is 14. The van der Waals surface area contributed by atoms with Crippen LogP contribution in [-0.4, -0.2) is 0 Å². The van der Waals surface area contributed by atoms with Gasteiger partial charge in [-0.3, -0.25) is 0 Å². The van der Waals surface area contributed by atoms with Gasteiger partial charge in [0.2, 0.25) is 0 Å². The van der Waals surface area contributed by atoms with Gasteiger partial charge in [0.25, 0.3) is 0 Å². The van der Waals surface area contributed by atoms with E-state index in [1.807, 2.05) is 28.7 Å². The van der Waals surface area contributed by atoms with E-state index in [0.29, 0.717) is 0 Å². The summed E-state index contributed by atoms with van der Waals surface area (Å²) in [6.07, 6.45) is 0. The monoisotopic (exact) mass is 682 g/mol. The zero-order chi connectivity index (χ0) is 33.2. The summed E-state index contributed by atoms with van der Waals surface area (Å²) in [6, 6.07) is 58.0. The first kappa shape index (κ1) is 27.8. The Morgan fingerprint density at radius 2 is 0.961 bits per heavy atom. The maximum absolute atomic E-state index is 6.41. The Balaban J connectivity index is 1.24. The van der Waals surface area contributed by atoms with E-state index in [0.717, 1.165) is 27.5 Å². The third-order valence-corrected chi connectivity index (χ3v) is 13.4. The molecule has 0 atom stereocenters. The summed E-state index contributed by atoms with van der Waals surface area (Å²) in [4.78, 5) is 0. The molecule has 3 heterocycles. The average molecular weight is 683 g/mol. The number of para-hydroxylation sites is 1. The minimum absolute atomic E-state index is 0.916. The molecule has 3 aromatic heterocycles. The molecule has 51 heavy (non-hydrogen) atoms. The van der Waals surface area contributed by atoms with Gasteiger partial charge in [0, 0.05) is 41.7 Å². The first-order chi connectivity index (χ1) is 25.3. The van der Waals surface area contributed by atoms with Crippen molar-refractivity contribution in [2.45, 2.75) is 0 Å². The zero-order valence-electron chi connectivity index (χ0n) is 27.2. The highest BCUT2D eigenvalue weighted by atomic mass is 32.1. The third-order valence-electron chi connectivity index (χ3n) is 10.8. The first-order valence-electron chi connectivity index (χ1n) is 17.3. The maximum Gasteiger partial charge on any atom is 0.136 e. The Labute approximate surface area is 300 Å². The fraction of sp³-hybridized carbons (Fsp3) is 0. The third kappa shape index (κ3) is 3.80. The number of furan rings is 1. The summed E-state index contributed by atoms with van der Waals surface area (Å²) in [7, 11) is 0. The molecule has 0 bridgehead atoms. The van der Waals surface area contributed by atoms with Crippen LogP contribution in [0.1, 0.15) is 0 Å². The fourth-order valence-electron chi connectivity index (χ4n) is 8.65. The van der Waals surface area contributed by atoms with Crippen molar-refractivity contribution >= 4 is 117 Å². The molecule has 0 fully saturated rings. The molecule has 0 radical (unpaired) electrons. The summed E-state index contributed by atoms with van der Waals surface area (Å²) < 4.78 is 11.9. The van der Waals surface area contributed by atoms with Crippen molar-refractivity contribution in [3.05, 3.63) is 158 Å². The smallest absolute Gasteiger partial charge is 0.136 e. The highest BCUT2D eigenvalue weighted by Gasteiger charge is 2.23. The second-order valence-corrected chi connectivity index (χ2v) is 15.6. The van der Waals surface area contributed by atoms with Gasteiger partial charge in [-0.1, -0.05) is 127 Å². The van der Waals surface area contributed by atoms with Gasteiger partial charge in [-0.25, -0.2) is 0 Å². The Morgan fingerprint density at radius 1 is 0.353 bits per heavy atom. The molecule has 0 aliphatic rings. The van der Waals surface area contributed by atoms with Gasteiger partial charge in [0.05, 0.1) is 9.40 Å². The van der Waals surface area contributed by atoms with E-state index < -0.39 is 0 Å². The molecule has 12 rings (SSSR count). The largest absolute Gasteiger partial charge is 0.456 e. The minimum Gasteiger partial charge on any atom is -0.456 e. The Morgan fingerprint density at radius 3 is 1.75 bits per heavy atom. The van der Waals surface area contributed by atoms with E-state index in [4.69, 9.17) is 4.42 Å². The van der Waals surface area contributed by atoms with Gasteiger partial charge in [-0.05, 0) is 84.9 Å². The van der Waals surface area contributed by atoms with Crippen molar-refractivity contribution in [2.75, 3.05) is 0 Å². The van der Waals surface area contributed by atoms with Gasteiger partial charge in [-0.2, -0.15) is 0 Å². The number of benzene rings is 9. The van der Waals surface area contributed by atoms with Crippen LogP contribution >= 0.6 is 22.7 Å². The van der Waals surface area contributed by atoms with Crippen LogP contribution in [-0.2, 0) is 0 Å². The summed E-state index contributed by atoms with van der Waals surface area (Å²) >= 11 is 3.88. The van der Waals surface area contributed by atoms with Gasteiger partial charge in [0.15, 0.2) is 0 Å². The van der Waals surface area contributed by atoms with E-state index in [2.05, 4.69) is 152 Å². The van der Waals surface area contributed by atoms with Crippen LogP contribution in [0.5, 0.6) is 0 Å². The summed E-state index contributed by atoms with van der Waals surface area (Å²) in [5, 5.41) is 15.3. The van der Waals surface area contributed by atoms with Crippen molar-refractivity contribution in [1.29, 1.82) is 0 Å².